The van der Waals surface area contributed by atoms with Gasteiger partial charge in [-0.3, -0.25) is 4.79 Å². The van der Waals surface area contributed by atoms with Crippen molar-refractivity contribution in [3.63, 3.8) is 0 Å². The summed E-state index contributed by atoms with van der Waals surface area (Å²) in [5, 5.41) is 4.84. The third-order valence-electron chi connectivity index (χ3n) is 3.70. The summed E-state index contributed by atoms with van der Waals surface area (Å²) in [5.74, 6) is 0.482. The molecule has 20 heavy (non-hydrogen) atoms. The Hall–Kier alpha value is -1.81. The molecule has 0 spiro atoms. The highest BCUT2D eigenvalue weighted by molar-refractivity contribution is 6.30. The van der Waals surface area contributed by atoms with E-state index in [9.17, 15) is 4.79 Å². The van der Waals surface area contributed by atoms with E-state index in [-0.39, 0.29) is 11.9 Å². The normalized spacial score (nSPS) is 17.6. The molecular formula is C15H14ClNO3. The lowest BCUT2D eigenvalue weighted by Crippen LogP contribution is -2.23. The fraction of sp³-hybridized carbons (Fsp3) is 0.333. The van der Waals surface area contributed by atoms with E-state index in [4.69, 9.17) is 20.9 Å². The Morgan fingerprint density at radius 3 is 2.85 bits per heavy atom. The first-order valence-corrected chi connectivity index (χ1v) is 6.88. The van der Waals surface area contributed by atoms with Crippen LogP contribution in [0.5, 0.6) is 0 Å². The highest BCUT2D eigenvalue weighted by atomic mass is 35.5. The molecule has 104 valence electrons. The SMILES string of the molecule is COC(=O)C1CCc2c(-c3ccc(Cl)cc3)noc2C1. The summed E-state index contributed by atoms with van der Waals surface area (Å²) in [6.07, 6.45) is 2.10. The van der Waals surface area contributed by atoms with E-state index in [1.165, 1.54) is 7.11 Å². The molecule has 0 aliphatic heterocycles. The molecule has 4 nitrogen and oxygen atoms in total. The van der Waals surface area contributed by atoms with E-state index in [1.807, 2.05) is 24.3 Å². The van der Waals surface area contributed by atoms with Gasteiger partial charge in [0.25, 0.3) is 0 Å². The number of benzene rings is 1. The van der Waals surface area contributed by atoms with Crippen LogP contribution in [0.3, 0.4) is 0 Å². The van der Waals surface area contributed by atoms with Gasteiger partial charge in [0.05, 0.1) is 13.0 Å². The Labute approximate surface area is 121 Å². The van der Waals surface area contributed by atoms with E-state index in [2.05, 4.69) is 5.16 Å². The number of esters is 1. The van der Waals surface area contributed by atoms with Gasteiger partial charge in [-0.15, -0.1) is 0 Å². The lowest BCUT2D eigenvalue weighted by atomic mass is 9.86. The van der Waals surface area contributed by atoms with E-state index >= 15 is 0 Å². The topological polar surface area (TPSA) is 52.3 Å². The fourth-order valence-electron chi connectivity index (χ4n) is 2.61. The minimum atomic E-state index is -0.180. The maximum Gasteiger partial charge on any atom is 0.309 e. The molecule has 0 fully saturated rings. The van der Waals surface area contributed by atoms with Gasteiger partial charge in [-0.05, 0) is 25.0 Å². The lowest BCUT2D eigenvalue weighted by Gasteiger charge is -2.18. The van der Waals surface area contributed by atoms with E-state index in [1.54, 1.807) is 0 Å². The minimum Gasteiger partial charge on any atom is -0.469 e. The number of aromatic nitrogens is 1. The molecule has 1 aromatic carbocycles. The second kappa shape index (κ2) is 5.29. The number of fused-ring (bicyclic) bond motifs is 1. The van der Waals surface area contributed by atoms with Crippen molar-refractivity contribution in [2.24, 2.45) is 5.92 Å². The Kier molecular flexibility index (Phi) is 3.49. The molecule has 0 saturated carbocycles. The Balaban J connectivity index is 1.90. The quantitative estimate of drug-likeness (QED) is 0.797. The lowest BCUT2D eigenvalue weighted by molar-refractivity contribution is -0.145. The molecule has 1 aliphatic carbocycles. The number of methoxy groups -OCH3 is 1. The van der Waals surface area contributed by atoms with E-state index in [0.717, 1.165) is 35.4 Å². The molecule has 1 aliphatic rings. The van der Waals surface area contributed by atoms with E-state index in [0.29, 0.717) is 11.4 Å². The molecule has 0 amide bonds. The first-order valence-electron chi connectivity index (χ1n) is 6.50. The third kappa shape index (κ3) is 2.31. The molecule has 0 N–H and O–H groups in total. The molecule has 0 bridgehead atoms. The summed E-state index contributed by atoms with van der Waals surface area (Å²) in [7, 11) is 1.41. The highest BCUT2D eigenvalue weighted by Crippen LogP contribution is 2.34. The molecular weight excluding hydrogens is 278 g/mol. The zero-order valence-electron chi connectivity index (χ0n) is 11.1. The van der Waals surface area contributed by atoms with Crippen LogP contribution in [0.1, 0.15) is 17.7 Å². The predicted octanol–water partition coefficient (Wildman–Crippen LogP) is 3.27. The van der Waals surface area contributed by atoms with Crippen LogP contribution in [0.25, 0.3) is 11.3 Å². The summed E-state index contributed by atoms with van der Waals surface area (Å²) >= 11 is 5.89. The molecule has 0 radical (unpaired) electrons. The van der Waals surface area contributed by atoms with Crippen molar-refractivity contribution in [1.29, 1.82) is 0 Å². The Morgan fingerprint density at radius 1 is 1.40 bits per heavy atom. The van der Waals surface area contributed by atoms with Crippen LogP contribution < -0.4 is 0 Å². The standard InChI is InChI=1S/C15H14ClNO3/c1-19-15(18)10-4-7-12-13(8-10)20-17-14(12)9-2-5-11(16)6-3-9/h2-3,5-6,10H,4,7-8H2,1H3. The average Bonchev–Trinajstić information content (AvgIpc) is 2.90. The molecule has 2 aromatic rings. The van der Waals surface area contributed by atoms with Gasteiger partial charge in [0, 0.05) is 22.6 Å². The number of nitrogens with zero attached hydrogens (tertiary/aromatic N) is 1. The van der Waals surface area contributed by atoms with Gasteiger partial charge < -0.3 is 9.26 Å². The maximum atomic E-state index is 11.6. The maximum absolute atomic E-state index is 11.6. The van der Waals surface area contributed by atoms with Crippen molar-refractivity contribution in [2.75, 3.05) is 7.11 Å². The van der Waals surface area contributed by atoms with Gasteiger partial charge in [-0.1, -0.05) is 28.9 Å². The van der Waals surface area contributed by atoms with Crippen molar-refractivity contribution in [2.45, 2.75) is 19.3 Å². The minimum absolute atomic E-state index is 0.126. The number of halogens is 1. The van der Waals surface area contributed by atoms with Crippen LogP contribution in [0.2, 0.25) is 5.02 Å². The smallest absolute Gasteiger partial charge is 0.309 e. The summed E-state index contributed by atoms with van der Waals surface area (Å²) < 4.78 is 10.2. The second-order valence-electron chi connectivity index (χ2n) is 4.90. The van der Waals surface area contributed by atoms with Crippen LogP contribution in [0.4, 0.5) is 0 Å². The zero-order chi connectivity index (χ0) is 14.1. The molecule has 5 heteroatoms. The van der Waals surface area contributed by atoms with E-state index < -0.39 is 0 Å². The monoisotopic (exact) mass is 291 g/mol. The molecule has 1 unspecified atom stereocenters. The van der Waals surface area contributed by atoms with Crippen molar-refractivity contribution in [3.8, 4) is 11.3 Å². The molecule has 1 atom stereocenters. The molecule has 3 rings (SSSR count). The summed E-state index contributed by atoms with van der Waals surface area (Å²) in [6, 6.07) is 7.51. The highest BCUT2D eigenvalue weighted by Gasteiger charge is 2.30. The molecule has 1 aromatic heterocycles. The Morgan fingerprint density at radius 2 is 2.15 bits per heavy atom. The summed E-state index contributed by atoms with van der Waals surface area (Å²) in [6.45, 7) is 0. The summed E-state index contributed by atoms with van der Waals surface area (Å²) in [5.41, 5.74) is 2.92. The van der Waals surface area contributed by atoms with Gasteiger partial charge in [0.15, 0.2) is 0 Å². The van der Waals surface area contributed by atoms with Gasteiger partial charge in [0.2, 0.25) is 0 Å². The van der Waals surface area contributed by atoms with Crippen LogP contribution in [-0.2, 0) is 22.4 Å². The van der Waals surface area contributed by atoms with Crippen molar-refractivity contribution >= 4 is 17.6 Å². The largest absolute Gasteiger partial charge is 0.469 e. The molecule has 1 heterocycles. The second-order valence-corrected chi connectivity index (χ2v) is 5.34. The summed E-state index contributed by atoms with van der Waals surface area (Å²) in [4.78, 5) is 11.6. The number of hydrogen-bond acceptors (Lipinski definition) is 4. The van der Waals surface area contributed by atoms with Gasteiger partial charge in [0.1, 0.15) is 11.5 Å². The zero-order valence-corrected chi connectivity index (χ0v) is 11.8. The van der Waals surface area contributed by atoms with Gasteiger partial charge in [-0.25, -0.2) is 0 Å². The first-order chi connectivity index (χ1) is 9.69. The first kappa shape index (κ1) is 13.2. The van der Waals surface area contributed by atoms with Crippen LogP contribution in [-0.4, -0.2) is 18.2 Å². The van der Waals surface area contributed by atoms with Gasteiger partial charge >= 0.3 is 5.97 Å². The van der Waals surface area contributed by atoms with Crippen molar-refractivity contribution < 1.29 is 14.1 Å². The van der Waals surface area contributed by atoms with Gasteiger partial charge in [-0.2, -0.15) is 0 Å². The number of hydrogen-bond donors (Lipinski definition) is 0. The van der Waals surface area contributed by atoms with Crippen LogP contribution in [0, 0.1) is 5.92 Å². The van der Waals surface area contributed by atoms with Crippen molar-refractivity contribution in [1.82, 2.24) is 5.16 Å². The van der Waals surface area contributed by atoms with Crippen LogP contribution in [0.15, 0.2) is 28.8 Å². The van der Waals surface area contributed by atoms with Crippen molar-refractivity contribution in [3.05, 3.63) is 40.6 Å². The molecule has 0 saturated heterocycles. The fourth-order valence-corrected chi connectivity index (χ4v) is 2.73. The number of carbonyl (C=O) groups is 1. The van der Waals surface area contributed by atoms with Crippen LogP contribution >= 0.6 is 11.6 Å². The number of ether oxygens (including phenoxy) is 1. The average molecular weight is 292 g/mol. The third-order valence-corrected chi connectivity index (χ3v) is 3.95. The Bertz CT molecular complexity index is 633. The predicted molar refractivity (Wildman–Crippen MR) is 74.5 cm³/mol. The number of rotatable bonds is 2. The number of carbonyl (C=O) groups excluding carboxylic acids is 1.